The van der Waals surface area contributed by atoms with Gasteiger partial charge in [0.05, 0.1) is 5.88 Å². The molecule has 176 valence electrons. The number of carbonyl (C=O) groups is 2. The lowest BCUT2D eigenvalue weighted by atomic mass is 10.1. The quantitative estimate of drug-likeness (QED) is 0.269. The third-order valence-corrected chi connectivity index (χ3v) is 6.94. The van der Waals surface area contributed by atoms with Gasteiger partial charge < -0.3 is 16.0 Å². The summed E-state index contributed by atoms with van der Waals surface area (Å²) in [6.45, 7) is 3.73. The summed E-state index contributed by atoms with van der Waals surface area (Å²) in [5, 5.41) is 3.04. The molecule has 0 saturated carbocycles. The number of hydrogen-bond acceptors (Lipinski definition) is 4. The van der Waals surface area contributed by atoms with Crippen molar-refractivity contribution < 1.29 is 9.59 Å². The van der Waals surface area contributed by atoms with E-state index in [4.69, 9.17) is 5.73 Å². The first-order chi connectivity index (χ1) is 14.7. The lowest BCUT2D eigenvalue weighted by molar-refractivity contribution is -0.138. The third-order valence-electron chi connectivity index (χ3n) is 5.93. The number of thioether (sulfide) groups is 1. The molecule has 0 aromatic rings. The molecule has 1 aliphatic heterocycles. The molecule has 30 heavy (non-hydrogen) atoms. The highest BCUT2D eigenvalue weighted by molar-refractivity contribution is 7.99. The van der Waals surface area contributed by atoms with Crippen molar-refractivity contribution in [3.8, 4) is 0 Å². The van der Waals surface area contributed by atoms with E-state index in [0.717, 1.165) is 44.4 Å². The number of carbonyl (C=O) groups excluding carboxylic acids is 2. The predicted molar refractivity (Wildman–Crippen MR) is 130 cm³/mol. The van der Waals surface area contributed by atoms with Gasteiger partial charge >= 0.3 is 0 Å². The van der Waals surface area contributed by atoms with Crippen molar-refractivity contribution in [1.29, 1.82) is 0 Å². The molecule has 3 N–H and O–H groups in total. The Hall–Kier alpha value is -0.750. The molecular formula is C24H47N3O2S. The number of hydrogen-bond donors (Lipinski definition) is 2. The topological polar surface area (TPSA) is 75.4 Å². The number of unbranched alkanes of at least 4 members (excludes halogenated alkanes) is 13. The minimum atomic E-state index is -0.275. The van der Waals surface area contributed by atoms with Gasteiger partial charge in [0.25, 0.3) is 0 Å². The maximum Gasteiger partial charge on any atom is 0.243 e. The van der Waals surface area contributed by atoms with Crippen molar-refractivity contribution in [2.45, 2.75) is 116 Å². The van der Waals surface area contributed by atoms with Crippen LogP contribution in [0.3, 0.4) is 0 Å². The van der Waals surface area contributed by atoms with E-state index in [2.05, 4.69) is 12.2 Å². The maximum absolute atomic E-state index is 12.6. The van der Waals surface area contributed by atoms with E-state index in [9.17, 15) is 9.59 Å². The van der Waals surface area contributed by atoms with Gasteiger partial charge in [-0.3, -0.25) is 9.59 Å². The van der Waals surface area contributed by atoms with Crippen LogP contribution in [0.2, 0.25) is 0 Å². The first-order valence-corrected chi connectivity index (χ1v) is 13.7. The molecule has 0 radical (unpaired) electrons. The highest BCUT2D eigenvalue weighted by Gasteiger charge is 2.33. The second kappa shape index (κ2) is 19.0. The molecule has 1 fully saturated rings. The van der Waals surface area contributed by atoms with Gasteiger partial charge in [0.2, 0.25) is 11.8 Å². The van der Waals surface area contributed by atoms with Crippen molar-refractivity contribution in [3.63, 3.8) is 0 Å². The smallest absolute Gasteiger partial charge is 0.243 e. The first-order valence-electron chi connectivity index (χ1n) is 12.6. The van der Waals surface area contributed by atoms with Crippen LogP contribution in [0.5, 0.6) is 0 Å². The minimum Gasteiger partial charge on any atom is -0.354 e. The average molecular weight is 442 g/mol. The maximum atomic E-state index is 12.6. The highest BCUT2D eigenvalue weighted by Crippen LogP contribution is 2.23. The lowest BCUT2D eigenvalue weighted by Crippen LogP contribution is -2.47. The Labute approximate surface area is 189 Å². The van der Waals surface area contributed by atoms with E-state index in [1.807, 2.05) is 0 Å². The summed E-state index contributed by atoms with van der Waals surface area (Å²) in [6, 6.07) is -0.275. The van der Waals surface area contributed by atoms with Gasteiger partial charge in [0.15, 0.2) is 0 Å². The monoisotopic (exact) mass is 441 g/mol. The average Bonchev–Trinajstić information content (AvgIpc) is 3.24. The summed E-state index contributed by atoms with van der Waals surface area (Å²) < 4.78 is 0. The molecular weight excluding hydrogens is 394 g/mol. The van der Waals surface area contributed by atoms with Crippen LogP contribution in [0.25, 0.3) is 0 Å². The normalized spacial score (nSPS) is 16.2. The van der Waals surface area contributed by atoms with Gasteiger partial charge in [-0.2, -0.15) is 0 Å². The van der Waals surface area contributed by atoms with Crippen LogP contribution in [-0.4, -0.2) is 47.5 Å². The fraction of sp³-hybridized carbons (Fsp3) is 0.917. The van der Waals surface area contributed by atoms with Gasteiger partial charge in [-0.05, 0) is 25.8 Å². The van der Waals surface area contributed by atoms with E-state index in [-0.39, 0.29) is 17.9 Å². The zero-order valence-corrected chi connectivity index (χ0v) is 20.3. The summed E-state index contributed by atoms with van der Waals surface area (Å²) in [5.74, 6) is 1.57. The SMILES string of the molecule is CCCCCCCCCCCCC(=O)N1CSCC1C(=O)NCCCCCCCN. The number of rotatable bonds is 19. The first kappa shape index (κ1) is 27.3. The molecule has 6 heteroatoms. The van der Waals surface area contributed by atoms with Crippen LogP contribution in [0, 0.1) is 0 Å². The lowest BCUT2D eigenvalue weighted by Gasteiger charge is -2.23. The second-order valence-corrected chi connectivity index (χ2v) is 9.66. The Kier molecular flexibility index (Phi) is 17.3. The summed E-state index contributed by atoms with van der Waals surface area (Å²) in [7, 11) is 0. The molecule has 1 aliphatic rings. The number of nitrogens with two attached hydrogens (primary N) is 1. The van der Waals surface area contributed by atoms with E-state index in [0.29, 0.717) is 18.8 Å². The predicted octanol–water partition coefficient (Wildman–Crippen LogP) is 5.22. The third kappa shape index (κ3) is 12.8. The molecule has 1 heterocycles. The summed E-state index contributed by atoms with van der Waals surface area (Å²) in [4.78, 5) is 26.9. The number of nitrogens with zero attached hydrogens (tertiary/aromatic N) is 1. The standard InChI is InChI=1S/C24H47N3O2S/c1-2-3-4-5-6-7-8-9-11-14-17-23(28)27-21-30-20-22(27)24(29)26-19-16-13-10-12-15-18-25/h22H,2-21,25H2,1H3,(H,26,29). The van der Waals surface area contributed by atoms with E-state index in [1.165, 1.54) is 64.2 Å². The summed E-state index contributed by atoms with van der Waals surface area (Å²) in [5.41, 5.74) is 5.50. The fourth-order valence-electron chi connectivity index (χ4n) is 3.94. The molecule has 0 aromatic carbocycles. The van der Waals surface area contributed by atoms with Gasteiger partial charge in [-0.15, -0.1) is 11.8 Å². The molecule has 1 saturated heterocycles. The molecule has 2 amide bonds. The van der Waals surface area contributed by atoms with Crippen LogP contribution in [0.1, 0.15) is 110 Å². The van der Waals surface area contributed by atoms with Crippen molar-refractivity contribution in [2.24, 2.45) is 5.73 Å². The van der Waals surface area contributed by atoms with E-state index in [1.54, 1.807) is 16.7 Å². The highest BCUT2D eigenvalue weighted by atomic mass is 32.2. The van der Waals surface area contributed by atoms with Crippen LogP contribution in [0.15, 0.2) is 0 Å². The van der Waals surface area contributed by atoms with Gasteiger partial charge in [0, 0.05) is 18.7 Å². The van der Waals surface area contributed by atoms with Crippen molar-refractivity contribution in [3.05, 3.63) is 0 Å². The molecule has 0 aromatic heterocycles. The van der Waals surface area contributed by atoms with Crippen molar-refractivity contribution in [1.82, 2.24) is 10.2 Å². The molecule has 1 atom stereocenters. The summed E-state index contributed by atoms with van der Waals surface area (Å²) >= 11 is 1.69. The van der Waals surface area contributed by atoms with Crippen LogP contribution in [0.4, 0.5) is 0 Å². The van der Waals surface area contributed by atoms with Crippen molar-refractivity contribution >= 4 is 23.6 Å². The van der Waals surface area contributed by atoms with Gasteiger partial charge in [0.1, 0.15) is 6.04 Å². The largest absolute Gasteiger partial charge is 0.354 e. The summed E-state index contributed by atoms with van der Waals surface area (Å²) in [6.07, 6.45) is 18.8. The molecule has 0 spiro atoms. The van der Waals surface area contributed by atoms with Crippen LogP contribution >= 0.6 is 11.8 Å². The fourth-order valence-corrected chi connectivity index (χ4v) is 5.12. The zero-order chi connectivity index (χ0) is 21.9. The zero-order valence-electron chi connectivity index (χ0n) is 19.5. The number of nitrogens with one attached hydrogen (secondary N) is 1. The molecule has 1 rings (SSSR count). The van der Waals surface area contributed by atoms with Crippen LogP contribution < -0.4 is 11.1 Å². The van der Waals surface area contributed by atoms with E-state index < -0.39 is 0 Å². The molecule has 1 unspecified atom stereocenters. The Bertz CT molecular complexity index is 448. The van der Waals surface area contributed by atoms with E-state index >= 15 is 0 Å². The molecule has 0 aliphatic carbocycles. The Morgan fingerprint density at radius 3 is 2.07 bits per heavy atom. The Morgan fingerprint density at radius 2 is 1.43 bits per heavy atom. The van der Waals surface area contributed by atoms with Crippen molar-refractivity contribution in [2.75, 3.05) is 24.7 Å². The van der Waals surface area contributed by atoms with Crippen LogP contribution in [-0.2, 0) is 9.59 Å². The van der Waals surface area contributed by atoms with Gasteiger partial charge in [-0.1, -0.05) is 84.0 Å². The Morgan fingerprint density at radius 1 is 0.867 bits per heavy atom. The molecule has 0 bridgehead atoms. The second-order valence-electron chi connectivity index (χ2n) is 8.66. The minimum absolute atomic E-state index is 0.0263. The van der Waals surface area contributed by atoms with Gasteiger partial charge in [-0.25, -0.2) is 0 Å². The number of amides is 2. The molecule has 5 nitrogen and oxygen atoms in total. The Balaban J connectivity index is 2.08.